The van der Waals surface area contributed by atoms with E-state index in [1.54, 1.807) is 13.4 Å². The number of hydrogen-bond donors (Lipinski definition) is 1. The Morgan fingerprint density at radius 2 is 2.00 bits per heavy atom. The van der Waals surface area contributed by atoms with Crippen LogP contribution in [0.5, 0.6) is 5.75 Å². The molecule has 1 saturated heterocycles. The van der Waals surface area contributed by atoms with Gasteiger partial charge in [-0.3, -0.25) is 9.89 Å². The van der Waals surface area contributed by atoms with Crippen LogP contribution in [0, 0.1) is 0 Å². The lowest BCUT2D eigenvalue weighted by molar-refractivity contribution is 0.125. The average Bonchev–Trinajstić information content (AvgIpc) is 3.27. The first-order valence-corrected chi connectivity index (χ1v) is 10.1. The maximum Gasteiger partial charge on any atom is 0.194 e. The van der Waals surface area contributed by atoms with Gasteiger partial charge in [0.05, 0.1) is 32.6 Å². The Morgan fingerprint density at radius 3 is 2.70 bits per heavy atom. The highest BCUT2D eigenvalue weighted by Crippen LogP contribution is 2.17. The fraction of sp³-hybridized carbons (Fsp3) is 0.524. The zero-order valence-corrected chi connectivity index (χ0v) is 20.1. The minimum atomic E-state index is 0. The number of nitrogens with one attached hydrogen (secondary N) is 1. The van der Waals surface area contributed by atoms with Gasteiger partial charge in [-0.1, -0.05) is 23.4 Å². The van der Waals surface area contributed by atoms with Crippen molar-refractivity contribution in [2.75, 3.05) is 53.0 Å². The molecule has 1 aliphatic heterocycles. The van der Waals surface area contributed by atoms with Crippen LogP contribution in [0.25, 0.3) is 0 Å². The molecule has 0 saturated carbocycles. The van der Waals surface area contributed by atoms with Crippen molar-refractivity contribution in [1.29, 1.82) is 0 Å². The van der Waals surface area contributed by atoms with E-state index in [-0.39, 0.29) is 24.0 Å². The van der Waals surface area contributed by atoms with E-state index >= 15 is 0 Å². The molecule has 0 spiro atoms. The summed E-state index contributed by atoms with van der Waals surface area (Å²) in [4.78, 5) is 9.43. The predicted octanol–water partition coefficient (Wildman–Crippen LogP) is 2.60. The van der Waals surface area contributed by atoms with Gasteiger partial charge in [-0.25, -0.2) is 0 Å². The van der Waals surface area contributed by atoms with Gasteiger partial charge in [0.1, 0.15) is 12.0 Å². The smallest absolute Gasteiger partial charge is 0.194 e. The van der Waals surface area contributed by atoms with Gasteiger partial charge >= 0.3 is 0 Å². The summed E-state index contributed by atoms with van der Waals surface area (Å²) in [6, 6.07) is 9.84. The Morgan fingerprint density at radius 1 is 1.20 bits per heavy atom. The zero-order valence-electron chi connectivity index (χ0n) is 17.7. The number of rotatable bonds is 9. The normalized spacial score (nSPS) is 15.0. The van der Waals surface area contributed by atoms with Crippen LogP contribution in [-0.4, -0.2) is 73.9 Å². The third-order valence-electron chi connectivity index (χ3n) is 4.83. The SMILES string of the molecule is CCNC(=NCCOCc1ccccc1OC)N1CCN(Cc2ccon2)CC1.I. The lowest BCUT2D eigenvalue weighted by Crippen LogP contribution is -2.52. The molecule has 0 bridgehead atoms. The number of halogens is 1. The van der Waals surface area contributed by atoms with E-state index in [9.17, 15) is 0 Å². The molecule has 166 valence electrons. The molecule has 0 atom stereocenters. The highest BCUT2D eigenvalue weighted by molar-refractivity contribution is 14.0. The number of hydrogen-bond acceptors (Lipinski definition) is 6. The topological polar surface area (TPSA) is 75.4 Å². The van der Waals surface area contributed by atoms with Crippen LogP contribution < -0.4 is 10.1 Å². The predicted molar refractivity (Wildman–Crippen MR) is 127 cm³/mol. The number of aromatic nitrogens is 1. The molecule has 0 radical (unpaired) electrons. The highest BCUT2D eigenvalue weighted by atomic mass is 127. The summed E-state index contributed by atoms with van der Waals surface area (Å²) in [5.41, 5.74) is 2.03. The van der Waals surface area contributed by atoms with Crippen molar-refractivity contribution in [3.8, 4) is 5.75 Å². The van der Waals surface area contributed by atoms with Gasteiger partial charge in [0.15, 0.2) is 5.96 Å². The molecule has 1 aliphatic rings. The van der Waals surface area contributed by atoms with Crippen LogP contribution in [-0.2, 0) is 17.9 Å². The minimum Gasteiger partial charge on any atom is -0.496 e. The molecule has 1 aromatic heterocycles. The minimum absolute atomic E-state index is 0. The molecule has 1 aromatic carbocycles. The van der Waals surface area contributed by atoms with Gasteiger partial charge in [-0.2, -0.15) is 0 Å². The van der Waals surface area contributed by atoms with E-state index in [0.717, 1.165) is 62.2 Å². The van der Waals surface area contributed by atoms with Gasteiger partial charge in [0, 0.05) is 50.9 Å². The molecule has 8 nitrogen and oxygen atoms in total. The Hall–Kier alpha value is -1.85. The molecule has 9 heteroatoms. The monoisotopic (exact) mass is 529 g/mol. The average molecular weight is 529 g/mol. The Bertz CT molecular complexity index is 749. The molecular weight excluding hydrogens is 497 g/mol. The molecule has 0 unspecified atom stereocenters. The quantitative estimate of drug-likeness (QED) is 0.232. The van der Waals surface area contributed by atoms with Gasteiger partial charge < -0.3 is 24.2 Å². The summed E-state index contributed by atoms with van der Waals surface area (Å²) >= 11 is 0. The number of para-hydroxylation sites is 1. The largest absolute Gasteiger partial charge is 0.496 e. The van der Waals surface area contributed by atoms with E-state index in [2.05, 4.69) is 27.2 Å². The third-order valence-corrected chi connectivity index (χ3v) is 4.83. The Labute approximate surface area is 195 Å². The molecule has 30 heavy (non-hydrogen) atoms. The van der Waals surface area contributed by atoms with E-state index < -0.39 is 0 Å². The number of nitrogens with zero attached hydrogens (tertiary/aromatic N) is 4. The summed E-state index contributed by atoms with van der Waals surface area (Å²) in [7, 11) is 1.68. The third kappa shape index (κ3) is 7.44. The summed E-state index contributed by atoms with van der Waals surface area (Å²) in [6.45, 7) is 9.30. The first-order chi connectivity index (χ1) is 14.3. The Kier molecular flexibility index (Phi) is 11.0. The summed E-state index contributed by atoms with van der Waals surface area (Å²) in [5.74, 6) is 1.81. The molecule has 1 N–H and O–H groups in total. The molecule has 2 aromatic rings. The maximum absolute atomic E-state index is 5.80. The zero-order chi connectivity index (χ0) is 20.3. The molecule has 3 rings (SSSR count). The van der Waals surface area contributed by atoms with Crippen LogP contribution in [0.15, 0.2) is 46.1 Å². The highest BCUT2D eigenvalue weighted by Gasteiger charge is 2.20. The number of guanidine groups is 1. The first-order valence-electron chi connectivity index (χ1n) is 10.1. The standard InChI is InChI=1S/C21H31N5O3.HI/c1-3-22-21(23-9-15-28-17-18-6-4-5-7-20(18)27-2)26-12-10-25(11-13-26)16-19-8-14-29-24-19;/h4-8,14H,3,9-13,15-17H2,1-2H3,(H,22,23);1H. The summed E-state index contributed by atoms with van der Waals surface area (Å²) in [5, 5.41) is 7.39. The molecule has 0 aliphatic carbocycles. The van der Waals surface area contributed by atoms with Crippen LogP contribution in [0.2, 0.25) is 0 Å². The Balaban J connectivity index is 0.00000320. The van der Waals surface area contributed by atoms with Gasteiger partial charge in [-0.15, -0.1) is 24.0 Å². The van der Waals surface area contributed by atoms with E-state index in [0.29, 0.717) is 19.8 Å². The maximum atomic E-state index is 5.80. The fourth-order valence-electron chi connectivity index (χ4n) is 3.31. The second-order valence-corrected chi connectivity index (χ2v) is 6.85. The van der Waals surface area contributed by atoms with E-state index in [4.69, 9.17) is 19.0 Å². The second-order valence-electron chi connectivity index (χ2n) is 6.85. The van der Waals surface area contributed by atoms with Gasteiger partial charge in [0.25, 0.3) is 0 Å². The number of piperazine rings is 1. The van der Waals surface area contributed by atoms with Crippen molar-refractivity contribution >= 4 is 29.9 Å². The van der Waals surface area contributed by atoms with Crippen LogP contribution in [0.3, 0.4) is 0 Å². The number of benzene rings is 1. The van der Waals surface area contributed by atoms with Crippen molar-refractivity contribution in [1.82, 2.24) is 20.3 Å². The lowest BCUT2D eigenvalue weighted by Gasteiger charge is -2.36. The fourth-order valence-corrected chi connectivity index (χ4v) is 3.31. The van der Waals surface area contributed by atoms with Crippen molar-refractivity contribution < 1.29 is 14.0 Å². The number of methoxy groups -OCH3 is 1. The van der Waals surface area contributed by atoms with Crippen molar-refractivity contribution in [2.45, 2.75) is 20.1 Å². The van der Waals surface area contributed by atoms with Crippen LogP contribution >= 0.6 is 24.0 Å². The van der Waals surface area contributed by atoms with E-state index in [1.165, 1.54) is 0 Å². The lowest BCUT2D eigenvalue weighted by atomic mass is 10.2. The van der Waals surface area contributed by atoms with Gasteiger partial charge in [-0.05, 0) is 13.0 Å². The van der Waals surface area contributed by atoms with Crippen molar-refractivity contribution in [3.05, 3.63) is 47.9 Å². The molecular formula is C21H32IN5O3. The van der Waals surface area contributed by atoms with Gasteiger partial charge in [0.2, 0.25) is 0 Å². The van der Waals surface area contributed by atoms with Crippen molar-refractivity contribution in [3.63, 3.8) is 0 Å². The number of ether oxygens (including phenoxy) is 2. The molecule has 0 amide bonds. The molecule has 1 fully saturated rings. The summed E-state index contributed by atoms with van der Waals surface area (Å²) < 4.78 is 16.1. The van der Waals surface area contributed by atoms with E-state index in [1.807, 2.05) is 30.3 Å². The molecule has 2 heterocycles. The number of aliphatic imine (C=N–C) groups is 1. The first kappa shape index (κ1) is 24.4. The van der Waals surface area contributed by atoms with Crippen LogP contribution in [0.1, 0.15) is 18.2 Å². The second kappa shape index (κ2) is 13.5. The summed E-state index contributed by atoms with van der Waals surface area (Å²) in [6.07, 6.45) is 1.62. The van der Waals surface area contributed by atoms with Crippen molar-refractivity contribution in [2.24, 2.45) is 4.99 Å². The van der Waals surface area contributed by atoms with Crippen LogP contribution in [0.4, 0.5) is 0 Å².